The van der Waals surface area contributed by atoms with Gasteiger partial charge in [0.2, 0.25) is 0 Å². The normalized spacial score (nSPS) is 22.3. The number of amides is 1. The molecule has 2 aliphatic rings. The van der Waals surface area contributed by atoms with Crippen molar-refractivity contribution in [2.24, 2.45) is 5.92 Å². The highest BCUT2D eigenvalue weighted by molar-refractivity contribution is 5.95. The molecule has 1 saturated heterocycles. The standard InChI is InChI=1S/C16H22N2O3/c1-2-6-17-16(12-5-7-20-9-12)11-3-4-14-13(8-11)18-15(19)10-21-14/h3-4,8,12,16-17H,2,5-7,9-10H2,1H3,(H,18,19). The zero-order valence-corrected chi connectivity index (χ0v) is 12.4. The van der Waals surface area contributed by atoms with Crippen molar-refractivity contribution in [1.29, 1.82) is 0 Å². The molecule has 1 amide bonds. The number of anilines is 1. The number of nitrogens with one attached hydrogen (secondary N) is 2. The van der Waals surface area contributed by atoms with Gasteiger partial charge in [0, 0.05) is 18.6 Å². The van der Waals surface area contributed by atoms with Crippen LogP contribution in [0.2, 0.25) is 0 Å². The number of carbonyl (C=O) groups is 1. The molecule has 1 aromatic carbocycles. The minimum atomic E-state index is -0.0954. The van der Waals surface area contributed by atoms with Crippen molar-refractivity contribution in [2.45, 2.75) is 25.8 Å². The fourth-order valence-electron chi connectivity index (χ4n) is 2.97. The third-order valence-electron chi connectivity index (χ3n) is 4.05. The highest BCUT2D eigenvalue weighted by Gasteiger charge is 2.28. The molecular formula is C16H22N2O3. The summed E-state index contributed by atoms with van der Waals surface area (Å²) >= 11 is 0. The Balaban J connectivity index is 1.84. The average molecular weight is 290 g/mol. The molecule has 2 unspecified atom stereocenters. The van der Waals surface area contributed by atoms with Crippen LogP contribution < -0.4 is 15.4 Å². The van der Waals surface area contributed by atoms with Gasteiger partial charge < -0.3 is 20.1 Å². The van der Waals surface area contributed by atoms with Crippen molar-refractivity contribution in [3.63, 3.8) is 0 Å². The molecule has 0 saturated carbocycles. The summed E-state index contributed by atoms with van der Waals surface area (Å²) in [6.45, 7) is 4.86. The summed E-state index contributed by atoms with van der Waals surface area (Å²) in [5.74, 6) is 1.13. The Morgan fingerprint density at radius 3 is 3.14 bits per heavy atom. The molecule has 5 nitrogen and oxygen atoms in total. The van der Waals surface area contributed by atoms with E-state index < -0.39 is 0 Å². The van der Waals surface area contributed by atoms with Crippen LogP contribution in [0.1, 0.15) is 31.4 Å². The fraction of sp³-hybridized carbons (Fsp3) is 0.562. The Kier molecular flexibility index (Phi) is 4.41. The predicted octanol–water partition coefficient (Wildman–Crippen LogP) is 2.09. The second kappa shape index (κ2) is 6.45. The van der Waals surface area contributed by atoms with Crippen LogP contribution in [0, 0.1) is 5.92 Å². The zero-order chi connectivity index (χ0) is 14.7. The molecule has 1 aromatic rings. The van der Waals surface area contributed by atoms with Crippen LogP contribution in [0.25, 0.3) is 0 Å². The molecule has 2 heterocycles. The number of fused-ring (bicyclic) bond motifs is 1. The lowest BCUT2D eigenvalue weighted by atomic mass is 9.91. The molecule has 2 aliphatic heterocycles. The number of benzene rings is 1. The maximum Gasteiger partial charge on any atom is 0.262 e. The minimum Gasteiger partial charge on any atom is -0.482 e. The maximum atomic E-state index is 11.5. The van der Waals surface area contributed by atoms with Crippen molar-refractivity contribution in [3.05, 3.63) is 23.8 Å². The minimum absolute atomic E-state index is 0.0954. The third kappa shape index (κ3) is 3.19. The Hall–Kier alpha value is -1.59. The highest BCUT2D eigenvalue weighted by Crippen LogP contribution is 2.34. The van der Waals surface area contributed by atoms with Gasteiger partial charge in [-0.1, -0.05) is 13.0 Å². The number of ether oxygens (including phenoxy) is 2. The first kappa shape index (κ1) is 14.4. The van der Waals surface area contributed by atoms with E-state index in [2.05, 4.69) is 23.6 Å². The van der Waals surface area contributed by atoms with Crippen LogP contribution in [0.5, 0.6) is 5.75 Å². The van der Waals surface area contributed by atoms with Gasteiger partial charge in [0.1, 0.15) is 5.75 Å². The molecule has 3 rings (SSSR count). The molecule has 2 N–H and O–H groups in total. The Morgan fingerprint density at radius 1 is 1.48 bits per heavy atom. The molecule has 2 atom stereocenters. The summed E-state index contributed by atoms with van der Waals surface area (Å²) in [6, 6.07) is 6.32. The quantitative estimate of drug-likeness (QED) is 0.872. The van der Waals surface area contributed by atoms with Crippen molar-refractivity contribution in [2.75, 3.05) is 31.7 Å². The molecule has 0 aromatic heterocycles. The largest absolute Gasteiger partial charge is 0.482 e. The summed E-state index contributed by atoms with van der Waals surface area (Å²) in [5.41, 5.74) is 1.95. The summed E-state index contributed by atoms with van der Waals surface area (Å²) in [7, 11) is 0. The van der Waals surface area contributed by atoms with Crippen molar-refractivity contribution < 1.29 is 14.3 Å². The van der Waals surface area contributed by atoms with E-state index in [1.807, 2.05) is 12.1 Å². The number of hydrogen-bond acceptors (Lipinski definition) is 4. The fourth-order valence-corrected chi connectivity index (χ4v) is 2.97. The topological polar surface area (TPSA) is 59.6 Å². The summed E-state index contributed by atoms with van der Waals surface area (Å²) in [5, 5.41) is 6.49. The van der Waals surface area contributed by atoms with Crippen molar-refractivity contribution in [1.82, 2.24) is 5.32 Å². The lowest BCUT2D eigenvalue weighted by molar-refractivity contribution is -0.118. The van der Waals surface area contributed by atoms with Crippen LogP contribution >= 0.6 is 0 Å². The molecule has 114 valence electrons. The smallest absolute Gasteiger partial charge is 0.262 e. The van der Waals surface area contributed by atoms with E-state index in [-0.39, 0.29) is 18.6 Å². The van der Waals surface area contributed by atoms with Crippen LogP contribution in [0.15, 0.2) is 18.2 Å². The van der Waals surface area contributed by atoms with Crippen molar-refractivity contribution in [3.8, 4) is 5.75 Å². The lowest BCUT2D eigenvalue weighted by Crippen LogP contribution is -2.30. The van der Waals surface area contributed by atoms with Gasteiger partial charge in [0.05, 0.1) is 12.3 Å². The van der Waals surface area contributed by atoms with Crippen LogP contribution in [0.4, 0.5) is 5.69 Å². The van der Waals surface area contributed by atoms with Crippen molar-refractivity contribution >= 4 is 11.6 Å². The van der Waals surface area contributed by atoms with E-state index in [4.69, 9.17) is 9.47 Å². The molecule has 5 heteroatoms. The van der Waals surface area contributed by atoms with Gasteiger partial charge in [-0.25, -0.2) is 0 Å². The van der Waals surface area contributed by atoms with Gasteiger partial charge in [0.15, 0.2) is 6.61 Å². The van der Waals surface area contributed by atoms with Gasteiger partial charge in [-0.3, -0.25) is 4.79 Å². The van der Waals surface area contributed by atoms with E-state index >= 15 is 0 Å². The van der Waals surface area contributed by atoms with E-state index in [1.165, 1.54) is 5.56 Å². The first-order valence-corrected chi connectivity index (χ1v) is 7.65. The SMILES string of the molecule is CCCNC(c1ccc2c(c1)NC(=O)CO2)C1CCOC1. The molecule has 0 aliphatic carbocycles. The number of carbonyl (C=O) groups excluding carboxylic acids is 1. The summed E-state index contributed by atoms with van der Waals surface area (Å²) < 4.78 is 11.0. The average Bonchev–Trinajstić information content (AvgIpc) is 3.01. The lowest BCUT2D eigenvalue weighted by Gasteiger charge is -2.26. The Bertz CT molecular complexity index is 512. The first-order valence-electron chi connectivity index (χ1n) is 7.65. The first-order chi connectivity index (χ1) is 10.3. The summed E-state index contributed by atoms with van der Waals surface area (Å²) in [6.07, 6.45) is 2.16. The van der Waals surface area contributed by atoms with E-state index in [9.17, 15) is 4.79 Å². The summed E-state index contributed by atoms with van der Waals surface area (Å²) in [4.78, 5) is 11.5. The molecule has 0 radical (unpaired) electrons. The number of rotatable bonds is 5. The maximum absolute atomic E-state index is 11.5. The third-order valence-corrected chi connectivity index (χ3v) is 4.05. The van der Waals surface area contributed by atoms with Gasteiger partial charge in [-0.15, -0.1) is 0 Å². The van der Waals surface area contributed by atoms with Gasteiger partial charge >= 0.3 is 0 Å². The molecule has 0 bridgehead atoms. The van der Waals surface area contributed by atoms with Crippen LogP contribution in [0.3, 0.4) is 0 Å². The van der Waals surface area contributed by atoms with E-state index in [1.54, 1.807) is 0 Å². The second-order valence-corrected chi connectivity index (χ2v) is 5.65. The van der Waals surface area contributed by atoms with Gasteiger partial charge in [0.25, 0.3) is 5.91 Å². The molecule has 21 heavy (non-hydrogen) atoms. The van der Waals surface area contributed by atoms with Gasteiger partial charge in [-0.2, -0.15) is 0 Å². The Morgan fingerprint density at radius 2 is 2.38 bits per heavy atom. The van der Waals surface area contributed by atoms with E-state index in [0.29, 0.717) is 5.92 Å². The van der Waals surface area contributed by atoms with Crippen LogP contribution in [-0.4, -0.2) is 32.3 Å². The van der Waals surface area contributed by atoms with Gasteiger partial charge in [-0.05, 0) is 37.1 Å². The highest BCUT2D eigenvalue weighted by atomic mass is 16.5. The van der Waals surface area contributed by atoms with E-state index in [0.717, 1.165) is 44.0 Å². The second-order valence-electron chi connectivity index (χ2n) is 5.65. The Labute approximate surface area is 125 Å². The monoisotopic (exact) mass is 290 g/mol. The molecule has 0 spiro atoms. The predicted molar refractivity (Wildman–Crippen MR) is 80.5 cm³/mol. The van der Waals surface area contributed by atoms with Crippen LogP contribution in [-0.2, 0) is 9.53 Å². The zero-order valence-electron chi connectivity index (χ0n) is 12.4. The molecule has 1 fully saturated rings. The number of hydrogen-bond donors (Lipinski definition) is 2. The molecular weight excluding hydrogens is 268 g/mol.